The third-order valence-electron chi connectivity index (χ3n) is 1.53. The normalized spacial score (nSPS) is 11.7. The molecule has 0 spiro atoms. The summed E-state index contributed by atoms with van der Waals surface area (Å²) >= 11 is 16.1. The van der Waals surface area contributed by atoms with Crippen LogP contribution >= 0.6 is 34.8 Å². The van der Waals surface area contributed by atoms with Crippen LogP contribution in [0.25, 0.3) is 0 Å². The highest BCUT2D eigenvalue weighted by Crippen LogP contribution is 2.22. The number of hydrogen-bond donors (Lipinski definition) is 2. The summed E-state index contributed by atoms with van der Waals surface area (Å²) < 4.78 is -1.67. The summed E-state index contributed by atoms with van der Waals surface area (Å²) in [6.07, 6.45) is 0.940. The van der Waals surface area contributed by atoms with Gasteiger partial charge in [-0.3, -0.25) is 4.79 Å². The van der Waals surface area contributed by atoms with Gasteiger partial charge in [0.25, 0.3) is 5.91 Å². The summed E-state index contributed by atoms with van der Waals surface area (Å²) in [4.78, 5) is 11.4. The molecule has 4 nitrogen and oxygen atoms in total. The molecule has 0 radical (unpaired) electrons. The van der Waals surface area contributed by atoms with Gasteiger partial charge in [-0.1, -0.05) is 46.9 Å². The summed E-state index contributed by atoms with van der Waals surface area (Å²) in [6, 6.07) is 6.02. The summed E-state index contributed by atoms with van der Waals surface area (Å²) in [5.74, 6) is -0.743. The van der Waals surface area contributed by atoms with Crippen molar-refractivity contribution in [3.63, 3.8) is 0 Å². The van der Waals surface area contributed by atoms with Crippen molar-refractivity contribution < 1.29 is 9.90 Å². The van der Waals surface area contributed by atoms with Gasteiger partial charge in [0.05, 0.1) is 11.8 Å². The molecular weight excluding hydrogens is 274 g/mol. The average Bonchev–Trinajstić information content (AvgIpc) is 2.16. The Morgan fingerprint density at radius 1 is 1.38 bits per heavy atom. The van der Waals surface area contributed by atoms with Crippen LogP contribution in [0, 0.1) is 0 Å². The van der Waals surface area contributed by atoms with Gasteiger partial charge in [0.1, 0.15) is 5.75 Å². The molecule has 0 atom stereocenters. The third-order valence-corrected chi connectivity index (χ3v) is 1.82. The van der Waals surface area contributed by atoms with E-state index < -0.39 is 9.70 Å². The van der Waals surface area contributed by atoms with Crippen LogP contribution in [0.4, 0.5) is 0 Å². The first-order valence-electron chi connectivity index (χ1n) is 4.09. The van der Waals surface area contributed by atoms with E-state index in [1.165, 1.54) is 12.1 Å². The number of para-hydroxylation sites is 1. The zero-order valence-corrected chi connectivity index (χ0v) is 10.1. The summed E-state index contributed by atoms with van der Waals surface area (Å²) in [6.45, 7) is 0. The van der Waals surface area contributed by atoms with Gasteiger partial charge < -0.3 is 5.11 Å². The number of phenols is 1. The van der Waals surface area contributed by atoms with Crippen molar-refractivity contribution in [3.05, 3.63) is 29.8 Å². The van der Waals surface area contributed by atoms with Crippen molar-refractivity contribution in [2.45, 2.75) is 3.79 Å². The molecule has 1 aromatic rings. The number of hydrogen-bond acceptors (Lipinski definition) is 3. The lowest BCUT2D eigenvalue weighted by molar-refractivity contribution is 0.0952. The topological polar surface area (TPSA) is 61.7 Å². The van der Waals surface area contributed by atoms with E-state index >= 15 is 0 Å². The molecule has 1 aromatic carbocycles. The van der Waals surface area contributed by atoms with E-state index in [0.717, 1.165) is 6.21 Å². The number of alkyl halides is 3. The minimum Gasteiger partial charge on any atom is -0.507 e. The smallest absolute Gasteiger partial charge is 0.275 e. The van der Waals surface area contributed by atoms with E-state index in [4.69, 9.17) is 34.8 Å². The molecule has 16 heavy (non-hydrogen) atoms. The van der Waals surface area contributed by atoms with Crippen LogP contribution in [-0.2, 0) is 0 Å². The van der Waals surface area contributed by atoms with Crippen molar-refractivity contribution in [3.8, 4) is 5.75 Å². The van der Waals surface area contributed by atoms with E-state index in [2.05, 4.69) is 10.5 Å². The first-order valence-corrected chi connectivity index (χ1v) is 5.23. The molecule has 1 amide bonds. The summed E-state index contributed by atoms with van der Waals surface area (Å²) in [7, 11) is 0. The van der Waals surface area contributed by atoms with Crippen molar-refractivity contribution in [1.82, 2.24) is 5.43 Å². The van der Waals surface area contributed by atoms with Crippen LogP contribution in [0.5, 0.6) is 5.75 Å². The molecule has 7 heteroatoms. The van der Waals surface area contributed by atoms with Gasteiger partial charge in [0.15, 0.2) is 0 Å². The predicted molar refractivity (Wildman–Crippen MR) is 64.4 cm³/mol. The monoisotopic (exact) mass is 280 g/mol. The molecule has 0 bridgehead atoms. The molecule has 0 heterocycles. The number of nitrogens with one attached hydrogen (secondary N) is 1. The number of benzene rings is 1. The number of phenolic OH excluding ortho intramolecular Hbond substituents is 1. The minimum atomic E-state index is -1.67. The lowest BCUT2D eigenvalue weighted by Gasteiger charge is -2.04. The van der Waals surface area contributed by atoms with Gasteiger partial charge in [0, 0.05) is 0 Å². The Kier molecular flexibility index (Phi) is 4.41. The van der Waals surface area contributed by atoms with Gasteiger partial charge in [-0.25, -0.2) is 5.43 Å². The number of hydrazone groups is 1. The Morgan fingerprint density at radius 3 is 2.56 bits per heavy atom. The van der Waals surface area contributed by atoms with Gasteiger partial charge in [-0.2, -0.15) is 5.10 Å². The van der Waals surface area contributed by atoms with E-state index in [9.17, 15) is 9.90 Å². The summed E-state index contributed by atoms with van der Waals surface area (Å²) in [5, 5.41) is 12.8. The number of rotatable bonds is 2. The van der Waals surface area contributed by atoms with E-state index in [1.54, 1.807) is 12.1 Å². The fourth-order valence-corrected chi connectivity index (χ4v) is 1.04. The molecule has 0 aliphatic heterocycles. The largest absolute Gasteiger partial charge is 0.507 e. The van der Waals surface area contributed by atoms with Crippen molar-refractivity contribution in [2.75, 3.05) is 0 Å². The Hall–Kier alpha value is -0.970. The fraction of sp³-hybridized carbons (Fsp3) is 0.111. The second-order valence-electron chi connectivity index (χ2n) is 2.76. The second kappa shape index (κ2) is 5.39. The maximum Gasteiger partial charge on any atom is 0.275 e. The van der Waals surface area contributed by atoms with Gasteiger partial charge in [0.2, 0.25) is 3.79 Å². The highest BCUT2D eigenvalue weighted by molar-refractivity contribution is 6.74. The average molecular weight is 282 g/mol. The van der Waals surface area contributed by atoms with E-state index in [1.807, 2.05) is 0 Å². The van der Waals surface area contributed by atoms with E-state index in [0.29, 0.717) is 0 Å². The molecule has 1 rings (SSSR count). The van der Waals surface area contributed by atoms with Crippen LogP contribution in [0.15, 0.2) is 29.4 Å². The number of carbonyl (C=O) groups excluding carboxylic acids is 1. The number of nitrogens with zero attached hydrogens (tertiary/aromatic N) is 1. The van der Waals surface area contributed by atoms with Crippen LogP contribution in [0.2, 0.25) is 0 Å². The molecule has 0 fully saturated rings. The molecule has 0 aromatic heterocycles. The minimum absolute atomic E-state index is 0.0870. The fourth-order valence-electron chi connectivity index (χ4n) is 0.890. The Morgan fingerprint density at radius 2 is 2.00 bits per heavy atom. The predicted octanol–water partition coefficient (Wildman–Crippen LogP) is 2.48. The molecule has 0 aliphatic carbocycles. The van der Waals surface area contributed by atoms with Crippen LogP contribution in [0.3, 0.4) is 0 Å². The molecular formula is C9H7Cl3N2O2. The van der Waals surface area contributed by atoms with E-state index in [-0.39, 0.29) is 11.3 Å². The van der Waals surface area contributed by atoms with Crippen molar-refractivity contribution >= 4 is 46.9 Å². The molecule has 0 unspecified atom stereocenters. The third kappa shape index (κ3) is 4.26. The standard InChI is InChI=1S/C9H7Cl3N2O2/c10-9(11,12)5-13-14-8(16)6-3-1-2-4-7(6)15/h1-5,15H,(H,14,16)/b13-5+. The Labute approximate surface area is 107 Å². The first-order chi connectivity index (χ1) is 7.40. The van der Waals surface area contributed by atoms with Gasteiger partial charge in [-0.05, 0) is 12.1 Å². The van der Waals surface area contributed by atoms with Crippen molar-refractivity contribution in [1.29, 1.82) is 0 Å². The molecule has 0 saturated heterocycles. The van der Waals surface area contributed by atoms with Gasteiger partial charge >= 0.3 is 0 Å². The molecule has 0 saturated carbocycles. The van der Waals surface area contributed by atoms with Crippen LogP contribution in [0.1, 0.15) is 10.4 Å². The maximum absolute atomic E-state index is 11.4. The quantitative estimate of drug-likeness (QED) is 0.497. The Bertz CT molecular complexity index is 415. The molecule has 2 N–H and O–H groups in total. The number of aromatic hydroxyl groups is 1. The summed E-state index contributed by atoms with van der Waals surface area (Å²) in [5.41, 5.74) is 2.20. The highest BCUT2D eigenvalue weighted by Gasteiger charge is 2.16. The lowest BCUT2D eigenvalue weighted by atomic mass is 10.2. The zero-order chi connectivity index (χ0) is 12.2. The van der Waals surface area contributed by atoms with Crippen LogP contribution in [-0.4, -0.2) is 21.0 Å². The highest BCUT2D eigenvalue weighted by atomic mass is 35.6. The molecule has 0 aliphatic rings. The second-order valence-corrected chi connectivity index (χ2v) is 5.13. The number of carbonyl (C=O) groups is 1. The number of amides is 1. The van der Waals surface area contributed by atoms with Crippen molar-refractivity contribution in [2.24, 2.45) is 5.10 Å². The Balaban J connectivity index is 2.68. The van der Waals surface area contributed by atoms with Gasteiger partial charge in [-0.15, -0.1) is 0 Å². The molecule has 86 valence electrons. The zero-order valence-electron chi connectivity index (χ0n) is 7.82. The number of halogens is 3. The first kappa shape index (κ1) is 13.1. The SMILES string of the molecule is O=C(N/N=C/C(Cl)(Cl)Cl)c1ccccc1O. The van der Waals surface area contributed by atoms with Crippen LogP contribution < -0.4 is 5.43 Å². The lowest BCUT2D eigenvalue weighted by Crippen LogP contribution is -2.19. The maximum atomic E-state index is 11.4.